The minimum atomic E-state index is 0.516. The lowest BCUT2D eigenvalue weighted by molar-refractivity contribution is 0.584. The van der Waals surface area contributed by atoms with E-state index in [2.05, 4.69) is 34.2 Å². The molecule has 0 fully saturated rings. The maximum atomic E-state index is 4.37. The normalized spacial score (nSPS) is 11.3. The predicted octanol–water partition coefficient (Wildman–Crippen LogP) is 1.35. The molecule has 17 heavy (non-hydrogen) atoms. The number of aromatic amines is 1. The van der Waals surface area contributed by atoms with E-state index in [-0.39, 0.29) is 0 Å². The second-order valence-corrected chi connectivity index (χ2v) is 4.51. The lowest BCUT2D eigenvalue weighted by atomic mass is 10.3. The molecule has 2 aromatic rings. The third kappa shape index (κ3) is 3.17. The Labute approximate surface area is 101 Å². The molecule has 0 aliphatic heterocycles. The Morgan fingerprint density at radius 3 is 2.88 bits per heavy atom. The average Bonchev–Trinajstić information content (AvgIpc) is 2.86. The maximum Gasteiger partial charge on any atom is 0.107 e. The summed E-state index contributed by atoms with van der Waals surface area (Å²) in [6.07, 6.45) is 6.59. The van der Waals surface area contributed by atoms with E-state index in [4.69, 9.17) is 0 Å². The first-order chi connectivity index (χ1) is 8.15. The Balaban J connectivity index is 1.96. The van der Waals surface area contributed by atoms with Crippen LogP contribution in [0.2, 0.25) is 0 Å². The number of hydrogen-bond acceptors (Lipinski definition) is 3. The van der Waals surface area contributed by atoms with Crippen LogP contribution in [0.4, 0.5) is 0 Å². The van der Waals surface area contributed by atoms with Crippen LogP contribution in [0, 0.1) is 0 Å². The van der Waals surface area contributed by atoms with Crippen LogP contribution in [0.15, 0.2) is 18.6 Å². The molecule has 0 aliphatic carbocycles. The molecule has 0 saturated heterocycles. The van der Waals surface area contributed by atoms with E-state index >= 15 is 0 Å². The van der Waals surface area contributed by atoms with Crippen molar-refractivity contribution in [3.05, 3.63) is 24.4 Å². The van der Waals surface area contributed by atoms with E-state index in [1.54, 1.807) is 4.68 Å². The van der Waals surface area contributed by atoms with E-state index in [0.717, 1.165) is 30.0 Å². The molecule has 2 rings (SSSR count). The monoisotopic (exact) mass is 233 g/mol. The third-order valence-corrected chi connectivity index (χ3v) is 2.56. The highest BCUT2D eigenvalue weighted by Crippen LogP contribution is 2.15. The Bertz CT molecular complexity index is 469. The fourth-order valence-electron chi connectivity index (χ4n) is 1.68. The number of nitrogens with one attached hydrogen (secondary N) is 2. The highest BCUT2D eigenvalue weighted by molar-refractivity contribution is 5.55. The van der Waals surface area contributed by atoms with Gasteiger partial charge < -0.3 is 10.3 Å². The summed E-state index contributed by atoms with van der Waals surface area (Å²) in [5, 5.41) is 7.51. The minimum absolute atomic E-state index is 0.516. The molecule has 2 heterocycles. The van der Waals surface area contributed by atoms with E-state index in [0.29, 0.717) is 6.04 Å². The molecule has 5 heteroatoms. The van der Waals surface area contributed by atoms with Gasteiger partial charge in [0.2, 0.25) is 0 Å². The SMILES string of the molecule is CC(C)NCCc1ncc(-c2cnn(C)c2)[nH]1. The molecule has 0 saturated carbocycles. The number of aryl methyl sites for hydroxylation is 1. The quantitative estimate of drug-likeness (QED) is 0.819. The fraction of sp³-hybridized carbons (Fsp3) is 0.500. The molecule has 0 aliphatic rings. The van der Waals surface area contributed by atoms with Crippen LogP contribution in [0.5, 0.6) is 0 Å². The second-order valence-electron chi connectivity index (χ2n) is 4.51. The smallest absolute Gasteiger partial charge is 0.107 e. The molecule has 5 nitrogen and oxygen atoms in total. The summed E-state index contributed by atoms with van der Waals surface area (Å²) >= 11 is 0. The molecule has 2 N–H and O–H groups in total. The molecule has 0 amide bonds. The van der Waals surface area contributed by atoms with Crippen LogP contribution in [-0.4, -0.2) is 32.3 Å². The number of imidazole rings is 1. The van der Waals surface area contributed by atoms with Gasteiger partial charge in [-0.25, -0.2) is 4.98 Å². The first-order valence-electron chi connectivity index (χ1n) is 5.91. The van der Waals surface area contributed by atoms with Crippen LogP contribution < -0.4 is 5.32 Å². The zero-order valence-electron chi connectivity index (χ0n) is 10.6. The third-order valence-electron chi connectivity index (χ3n) is 2.56. The van der Waals surface area contributed by atoms with Crippen molar-refractivity contribution in [3.8, 4) is 11.3 Å². The largest absolute Gasteiger partial charge is 0.342 e. The van der Waals surface area contributed by atoms with Gasteiger partial charge in [-0.2, -0.15) is 5.10 Å². The highest BCUT2D eigenvalue weighted by Gasteiger charge is 2.05. The molecular formula is C12H19N5. The number of aromatic nitrogens is 4. The van der Waals surface area contributed by atoms with E-state index in [1.807, 2.05) is 25.6 Å². The summed E-state index contributed by atoms with van der Waals surface area (Å²) in [5.74, 6) is 1.01. The van der Waals surface area contributed by atoms with Gasteiger partial charge in [-0.3, -0.25) is 4.68 Å². The standard InChI is InChI=1S/C12H19N5/c1-9(2)13-5-4-12-14-7-11(16-12)10-6-15-17(3)8-10/h6-9,13H,4-5H2,1-3H3,(H,14,16). The second kappa shape index (κ2) is 5.14. The molecule has 0 bridgehead atoms. The Morgan fingerprint density at radius 2 is 2.24 bits per heavy atom. The Kier molecular flexibility index (Phi) is 3.58. The van der Waals surface area contributed by atoms with Crippen LogP contribution in [0.3, 0.4) is 0 Å². The van der Waals surface area contributed by atoms with Crippen molar-refractivity contribution in [3.63, 3.8) is 0 Å². The van der Waals surface area contributed by atoms with Crippen molar-refractivity contribution in [1.29, 1.82) is 0 Å². The molecule has 92 valence electrons. The van der Waals surface area contributed by atoms with Gasteiger partial charge in [-0.15, -0.1) is 0 Å². The lowest BCUT2D eigenvalue weighted by Crippen LogP contribution is -2.25. The predicted molar refractivity (Wildman–Crippen MR) is 67.6 cm³/mol. The van der Waals surface area contributed by atoms with E-state index < -0.39 is 0 Å². The van der Waals surface area contributed by atoms with Gasteiger partial charge in [-0.05, 0) is 0 Å². The summed E-state index contributed by atoms with van der Waals surface area (Å²) in [5.41, 5.74) is 2.10. The molecule has 0 unspecified atom stereocenters. The molecule has 0 spiro atoms. The number of H-pyrrole nitrogens is 1. The van der Waals surface area contributed by atoms with Crippen molar-refractivity contribution >= 4 is 0 Å². The molecule has 0 atom stereocenters. The van der Waals surface area contributed by atoms with Gasteiger partial charge in [0.1, 0.15) is 5.82 Å². The number of hydrogen-bond donors (Lipinski definition) is 2. The van der Waals surface area contributed by atoms with Crippen molar-refractivity contribution < 1.29 is 0 Å². The van der Waals surface area contributed by atoms with Crippen LogP contribution in [0.1, 0.15) is 19.7 Å². The number of rotatable bonds is 5. The fourth-order valence-corrected chi connectivity index (χ4v) is 1.68. The first-order valence-corrected chi connectivity index (χ1v) is 5.91. The zero-order chi connectivity index (χ0) is 12.3. The van der Waals surface area contributed by atoms with Crippen LogP contribution in [0.25, 0.3) is 11.3 Å². The van der Waals surface area contributed by atoms with Crippen LogP contribution >= 0.6 is 0 Å². The van der Waals surface area contributed by atoms with E-state index in [9.17, 15) is 0 Å². The molecule has 2 aromatic heterocycles. The highest BCUT2D eigenvalue weighted by atomic mass is 15.2. The summed E-state index contributed by atoms with van der Waals surface area (Å²) < 4.78 is 1.79. The van der Waals surface area contributed by atoms with Gasteiger partial charge in [0.15, 0.2) is 0 Å². The lowest BCUT2D eigenvalue weighted by Gasteiger charge is -2.05. The van der Waals surface area contributed by atoms with Gasteiger partial charge in [-0.1, -0.05) is 13.8 Å². The van der Waals surface area contributed by atoms with Gasteiger partial charge in [0, 0.05) is 37.8 Å². The van der Waals surface area contributed by atoms with Gasteiger partial charge >= 0.3 is 0 Å². The topological polar surface area (TPSA) is 58.5 Å². The summed E-state index contributed by atoms with van der Waals surface area (Å²) in [7, 11) is 1.91. The zero-order valence-corrected chi connectivity index (χ0v) is 10.6. The summed E-state index contributed by atoms with van der Waals surface area (Å²) in [4.78, 5) is 7.68. The van der Waals surface area contributed by atoms with Crippen molar-refractivity contribution in [1.82, 2.24) is 25.1 Å². The summed E-state index contributed by atoms with van der Waals surface area (Å²) in [6, 6.07) is 0.516. The minimum Gasteiger partial charge on any atom is -0.342 e. The molecule has 0 radical (unpaired) electrons. The van der Waals surface area contributed by atoms with Crippen molar-refractivity contribution in [2.45, 2.75) is 26.3 Å². The Morgan fingerprint density at radius 1 is 1.41 bits per heavy atom. The molecular weight excluding hydrogens is 214 g/mol. The number of nitrogens with zero attached hydrogens (tertiary/aromatic N) is 3. The Hall–Kier alpha value is -1.62. The summed E-state index contributed by atoms with van der Waals surface area (Å²) in [6.45, 7) is 5.23. The van der Waals surface area contributed by atoms with Crippen molar-refractivity contribution in [2.24, 2.45) is 7.05 Å². The van der Waals surface area contributed by atoms with Crippen LogP contribution in [-0.2, 0) is 13.5 Å². The average molecular weight is 233 g/mol. The van der Waals surface area contributed by atoms with Gasteiger partial charge in [0.05, 0.1) is 18.1 Å². The maximum absolute atomic E-state index is 4.37. The molecule has 0 aromatic carbocycles. The van der Waals surface area contributed by atoms with Crippen molar-refractivity contribution in [2.75, 3.05) is 6.54 Å². The first kappa shape index (κ1) is 11.9. The van der Waals surface area contributed by atoms with Gasteiger partial charge in [0.25, 0.3) is 0 Å². The van der Waals surface area contributed by atoms with E-state index in [1.165, 1.54) is 0 Å².